The van der Waals surface area contributed by atoms with Gasteiger partial charge in [0.2, 0.25) is 0 Å². The van der Waals surface area contributed by atoms with Crippen molar-refractivity contribution in [1.29, 1.82) is 0 Å². The fraction of sp³-hybridized carbons (Fsp3) is 0.400. The first-order valence-corrected chi connectivity index (χ1v) is 7.47. The Kier molecular flexibility index (Phi) is 3.53. The van der Waals surface area contributed by atoms with Crippen LogP contribution in [0.2, 0.25) is 0 Å². The van der Waals surface area contributed by atoms with E-state index in [1.54, 1.807) is 12.1 Å². The summed E-state index contributed by atoms with van der Waals surface area (Å²) in [5.74, 6) is 0. The van der Waals surface area contributed by atoms with Crippen LogP contribution in [-0.4, -0.2) is 8.42 Å². The molecule has 0 fully saturated rings. The maximum absolute atomic E-state index is 11.4. The van der Waals surface area contributed by atoms with Gasteiger partial charge in [0.05, 0.1) is 4.90 Å². The lowest BCUT2D eigenvalue weighted by Crippen LogP contribution is -2.15. The highest BCUT2D eigenvalue weighted by Crippen LogP contribution is 2.32. The van der Waals surface area contributed by atoms with Crippen molar-refractivity contribution in [2.45, 2.75) is 31.1 Å². The van der Waals surface area contributed by atoms with E-state index < -0.39 is 9.05 Å². The first kappa shape index (κ1) is 13.0. The van der Waals surface area contributed by atoms with Crippen molar-refractivity contribution in [3.8, 4) is 0 Å². The Morgan fingerprint density at radius 3 is 2.20 bits per heavy atom. The molecule has 2 nitrogen and oxygen atoms in total. The van der Waals surface area contributed by atoms with Gasteiger partial charge in [0, 0.05) is 15.2 Å². The summed E-state index contributed by atoms with van der Waals surface area (Å²) < 4.78 is 23.6. The lowest BCUT2D eigenvalue weighted by molar-refractivity contribution is 0.566. The summed E-state index contributed by atoms with van der Waals surface area (Å²) in [5, 5.41) is 0. The van der Waals surface area contributed by atoms with E-state index in [1.807, 2.05) is 20.8 Å². The number of benzene rings is 1. The van der Waals surface area contributed by atoms with Crippen molar-refractivity contribution in [1.82, 2.24) is 0 Å². The zero-order valence-electron chi connectivity index (χ0n) is 8.71. The van der Waals surface area contributed by atoms with Crippen LogP contribution in [0, 0.1) is 0 Å². The first-order chi connectivity index (χ1) is 6.62. The van der Waals surface area contributed by atoms with Crippen molar-refractivity contribution in [2.24, 2.45) is 0 Å². The third-order valence-electron chi connectivity index (χ3n) is 2.01. The Labute approximate surface area is 103 Å². The Morgan fingerprint density at radius 2 is 1.80 bits per heavy atom. The molecular formula is C10H12BrClO2S. The predicted octanol–water partition coefficient (Wildman–Crippen LogP) is 3.67. The number of halogens is 2. The van der Waals surface area contributed by atoms with Crippen molar-refractivity contribution in [2.75, 3.05) is 0 Å². The summed E-state index contributed by atoms with van der Waals surface area (Å²) in [4.78, 5) is 0.180. The molecule has 0 saturated heterocycles. The molecule has 0 amide bonds. The Balaban J connectivity index is 3.55. The maximum atomic E-state index is 11.4. The van der Waals surface area contributed by atoms with E-state index in [2.05, 4.69) is 15.9 Å². The van der Waals surface area contributed by atoms with Crippen LogP contribution < -0.4 is 0 Å². The van der Waals surface area contributed by atoms with Gasteiger partial charge in [-0.25, -0.2) is 8.42 Å². The second-order valence-electron chi connectivity index (χ2n) is 4.33. The van der Waals surface area contributed by atoms with Crippen molar-refractivity contribution < 1.29 is 8.42 Å². The van der Waals surface area contributed by atoms with E-state index >= 15 is 0 Å². The molecule has 0 bridgehead atoms. The number of hydrogen-bond acceptors (Lipinski definition) is 2. The molecule has 0 aliphatic rings. The molecule has 1 aromatic rings. The topological polar surface area (TPSA) is 34.1 Å². The van der Waals surface area contributed by atoms with Crippen LogP contribution in [-0.2, 0) is 14.5 Å². The molecule has 0 heterocycles. The standard InChI is InChI=1S/C10H12BrClO2S/c1-10(2,3)8-6-7(11)4-5-9(8)15(12,13)14/h4-6H,1-3H3. The first-order valence-electron chi connectivity index (χ1n) is 4.37. The minimum atomic E-state index is -3.68. The van der Waals surface area contributed by atoms with E-state index in [9.17, 15) is 8.42 Å². The van der Waals surface area contributed by atoms with Crippen LogP contribution in [0.5, 0.6) is 0 Å². The van der Waals surface area contributed by atoms with Crippen molar-refractivity contribution in [3.63, 3.8) is 0 Å². The molecular weight excluding hydrogens is 300 g/mol. The summed E-state index contributed by atoms with van der Waals surface area (Å²) in [6, 6.07) is 4.98. The highest BCUT2D eigenvalue weighted by atomic mass is 79.9. The SMILES string of the molecule is CC(C)(C)c1cc(Br)ccc1S(=O)(=O)Cl. The summed E-state index contributed by atoms with van der Waals surface area (Å²) in [6.45, 7) is 5.83. The van der Waals surface area contributed by atoms with Crippen LogP contribution in [0.3, 0.4) is 0 Å². The summed E-state index contributed by atoms with van der Waals surface area (Å²) in [5.41, 5.74) is 0.452. The minimum absolute atomic E-state index is 0.180. The van der Waals surface area contributed by atoms with Crippen LogP contribution in [0.1, 0.15) is 26.3 Å². The van der Waals surface area contributed by atoms with Gasteiger partial charge in [0.25, 0.3) is 9.05 Å². The molecule has 0 aliphatic carbocycles. The average Bonchev–Trinajstić information content (AvgIpc) is 2.00. The average molecular weight is 312 g/mol. The van der Waals surface area contributed by atoms with Crippen molar-refractivity contribution in [3.05, 3.63) is 28.2 Å². The number of rotatable bonds is 1. The monoisotopic (exact) mass is 310 g/mol. The molecule has 0 N–H and O–H groups in total. The van der Waals surface area contributed by atoms with Crippen LogP contribution >= 0.6 is 26.6 Å². The molecule has 1 aromatic carbocycles. The lowest BCUT2D eigenvalue weighted by Gasteiger charge is -2.21. The molecule has 0 aliphatic heterocycles. The molecule has 5 heteroatoms. The molecule has 0 saturated carbocycles. The quantitative estimate of drug-likeness (QED) is 0.742. The van der Waals surface area contributed by atoms with Crippen LogP contribution in [0.15, 0.2) is 27.6 Å². The minimum Gasteiger partial charge on any atom is -0.207 e. The lowest BCUT2D eigenvalue weighted by atomic mass is 9.87. The molecule has 0 aromatic heterocycles. The Bertz CT molecular complexity index is 475. The van der Waals surface area contributed by atoms with Gasteiger partial charge in [-0.1, -0.05) is 36.7 Å². The highest BCUT2D eigenvalue weighted by Gasteiger charge is 2.24. The normalized spacial score (nSPS) is 12.9. The fourth-order valence-electron chi connectivity index (χ4n) is 1.30. The van der Waals surface area contributed by atoms with Gasteiger partial charge in [-0.05, 0) is 29.2 Å². The van der Waals surface area contributed by atoms with Crippen LogP contribution in [0.25, 0.3) is 0 Å². The zero-order valence-corrected chi connectivity index (χ0v) is 11.9. The maximum Gasteiger partial charge on any atom is 0.261 e. The second-order valence-corrected chi connectivity index (χ2v) is 7.78. The Hall–Kier alpha value is -0.0600. The number of hydrogen-bond donors (Lipinski definition) is 0. The smallest absolute Gasteiger partial charge is 0.207 e. The van der Waals surface area contributed by atoms with E-state index in [0.29, 0.717) is 5.56 Å². The van der Waals surface area contributed by atoms with Crippen molar-refractivity contribution >= 4 is 35.7 Å². The van der Waals surface area contributed by atoms with Gasteiger partial charge in [-0.3, -0.25) is 0 Å². The fourth-order valence-corrected chi connectivity index (χ4v) is 2.92. The molecule has 0 atom stereocenters. The van der Waals surface area contributed by atoms with E-state index in [0.717, 1.165) is 4.47 Å². The molecule has 0 unspecified atom stereocenters. The van der Waals surface area contributed by atoms with Gasteiger partial charge in [0.15, 0.2) is 0 Å². The molecule has 15 heavy (non-hydrogen) atoms. The molecule has 1 rings (SSSR count). The molecule has 0 radical (unpaired) electrons. The second kappa shape index (κ2) is 4.07. The predicted molar refractivity (Wildman–Crippen MR) is 65.9 cm³/mol. The van der Waals surface area contributed by atoms with Gasteiger partial charge in [-0.2, -0.15) is 0 Å². The van der Waals surface area contributed by atoms with E-state index in [1.165, 1.54) is 6.07 Å². The van der Waals surface area contributed by atoms with Gasteiger partial charge < -0.3 is 0 Å². The largest absolute Gasteiger partial charge is 0.261 e. The van der Waals surface area contributed by atoms with Gasteiger partial charge in [-0.15, -0.1) is 0 Å². The van der Waals surface area contributed by atoms with Gasteiger partial charge >= 0.3 is 0 Å². The summed E-state index contributed by atoms with van der Waals surface area (Å²) in [7, 11) is 1.70. The highest BCUT2D eigenvalue weighted by molar-refractivity contribution is 9.10. The molecule has 0 spiro atoms. The third kappa shape index (κ3) is 3.20. The third-order valence-corrected chi connectivity index (χ3v) is 3.89. The Morgan fingerprint density at radius 1 is 1.27 bits per heavy atom. The van der Waals surface area contributed by atoms with Crippen LogP contribution in [0.4, 0.5) is 0 Å². The zero-order chi connectivity index (χ0) is 11.9. The van der Waals surface area contributed by atoms with E-state index in [-0.39, 0.29) is 10.3 Å². The summed E-state index contributed by atoms with van der Waals surface area (Å²) in [6.07, 6.45) is 0. The van der Waals surface area contributed by atoms with E-state index in [4.69, 9.17) is 10.7 Å². The van der Waals surface area contributed by atoms with Gasteiger partial charge in [0.1, 0.15) is 0 Å². The molecule has 84 valence electrons. The summed E-state index contributed by atoms with van der Waals surface area (Å²) >= 11 is 3.32.